The van der Waals surface area contributed by atoms with E-state index in [1.807, 2.05) is 0 Å². The van der Waals surface area contributed by atoms with Crippen LogP contribution in [-0.2, 0) is 6.54 Å². The highest BCUT2D eigenvalue weighted by molar-refractivity contribution is 7.12. The summed E-state index contributed by atoms with van der Waals surface area (Å²) >= 11 is 1.76. The largest absolute Gasteiger partial charge is 0.320 e. The smallest absolute Gasteiger partial charge is 0.0772 e. The Hall–Kier alpha value is -0.820. The number of thiophene rings is 1. The van der Waals surface area contributed by atoms with Crippen molar-refractivity contribution in [3.05, 3.63) is 21.9 Å². The summed E-state index contributed by atoms with van der Waals surface area (Å²) in [6.07, 6.45) is 0. The summed E-state index contributed by atoms with van der Waals surface area (Å²) < 4.78 is 0. The molecule has 88 valence electrons. The van der Waals surface area contributed by atoms with Gasteiger partial charge in [0.15, 0.2) is 0 Å². The zero-order chi connectivity index (χ0) is 12.0. The van der Waals surface area contributed by atoms with Crippen LogP contribution >= 0.6 is 11.3 Å². The Morgan fingerprint density at radius 3 is 2.75 bits per heavy atom. The highest BCUT2D eigenvalue weighted by Crippen LogP contribution is 2.18. The first-order chi connectivity index (χ1) is 7.67. The highest BCUT2D eigenvalue weighted by atomic mass is 32.1. The van der Waals surface area contributed by atoms with Crippen molar-refractivity contribution in [2.24, 2.45) is 5.73 Å². The topological polar surface area (TPSA) is 29.3 Å². The Morgan fingerprint density at radius 1 is 1.44 bits per heavy atom. The van der Waals surface area contributed by atoms with Gasteiger partial charge in [0.2, 0.25) is 0 Å². The summed E-state index contributed by atoms with van der Waals surface area (Å²) in [5.41, 5.74) is 5.35. The molecule has 0 aromatic carbocycles. The number of hydrogen-bond donors (Lipinski definition) is 1. The Kier molecular flexibility index (Phi) is 5.54. The number of nitrogens with zero attached hydrogens (tertiary/aromatic N) is 1. The molecule has 0 aliphatic heterocycles. The fourth-order valence-electron chi connectivity index (χ4n) is 1.53. The molecule has 3 heteroatoms. The summed E-state index contributed by atoms with van der Waals surface area (Å²) in [5.74, 6) is 5.95. The molecular formula is C13H20N2S. The van der Waals surface area contributed by atoms with E-state index >= 15 is 0 Å². The molecule has 1 aromatic rings. The maximum Gasteiger partial charge on any atom is 0.0772 e. The van der Waals surface area contributed by atoms with E-state index in [2.05, 4.69) is 49.6 Å². The van der Waals surface area contributed by atoms with E-state index in [0.717, 1.165) is 18.0 Å². The molecule has 16 heavy (non-hydrogen) atoms. The van der Waals surface area contributed by atoms with Crippen LogP contribution in [0.4, 0.5) is 0 Å². The summed E-state index contributed by atoms with van der Waals surface area (Å²) in [6.45, 7) is 9.18. The molecule has 0 amide bonds. The van der Waals surface area contributed by atoms with Gasteiger partial charge in [-0.3, -0.25) is 4.90 Å². The van der Waals surface area contributed by atoms with Gasteiger partial charge in [-0.15, -0.1) is 11.3 Å². The Morgan fingerprint density at radius 2 is 2.19 bits per heavy atom. The lowest BCUT2D eigenvalue weighted by Gasteiger charge is -2.23. The molecule has 0 radical (unpaired) electrons. The van der Waals surface area contributed by atoms with Crippen LogP contribution in [0.3, 0.4) is 0 Å². The second-order valence-corrected chi connectivity index (χ2v) is 5.10. The van der Waals surface area contributed by atoms with E-state index < -0.39 is 0 Å². The first kappa shape index (κ1) is 13.2. The molecule has 0 saturated heterocycles. The maximum atomic E-state index is 5.35. The van der Waals surface area contributed by atoms with E-state index in [9.17, 15) is 0 Å². The Labute approximate surface area is 102 Å². The van der Waals surface area contributed by atoms with Crippen LogP contribution in [0, 0.1) is 11.8 Å². The van der Waals surface area contributed by atoms with Crippen molar-refractivity contribution >= 4 is 11.3 Å². The minimum atomic E-state index is 0.431. The number of nitrogens with two attached hydrogens (primary N) is 1. The van der Waals surface area contributed by atoms with Crippen LogP contribution < -0.4 is 5.73 Å². The lowest BCUT2D eigenvalue weighted by Crippen LogP contribution is -2.29. The summed E-state index contributed by atoms with van der Waals surface area (Å²) in [5, 5.41) is 0. The molecule has 1 aromatic heterocycles. The molecule has 1 heterocycles. The summed E-state index contributed by atoms with van der Waals surface area (Å²) in [7, 11) is 0. The van der Waals surface area contributed by atoms with E-state index in [-0.39, 0.29) is 0 Å². The van der Waals surface area contributed by atoms with Crippen LogP contribution in [-0.4, -0.2) is 24.0 Å². The third-order valence-electron chi connectivity index (χ3n) is 2.47. The molecule has 0 spiro atoms. The molecule has 0 aliphatic carbocycles. The third-order valence-corrected chi connectivity index (χ3v) is 3.46. The van der Waals surface area contributed by atoms with Crippen molar-refractivity contribution in [1.29, 1.82) is 0 Å². The summed E-state index contributed by atoms with van der Waals surface area (Å²) in [4.78, 5) is 4.92. The van der Waals surface area contributed by atoms with E-state index in [1.165, 1.54) is 4.88 Å². The zero-order valence-corrected chi connectivity index (χ0v) is 11.1. The molecule has 1 rings (SSSR count). The average molecular weight is 236 g/mol. The van der Waals surface area contributed by atoms with E-state index in [4.69, 9.17) is 5.73 Å². The molecule has 2 N–H and O–H groups in total. The van der Waals surface area contributed by atoms with Gasteiger partial charge in [-0.25, -0.2) is 0 Å². The van der Waals surface area contributed by atoms with Gasteiger partial charge < -0.3 is 5.73 Å². The monoisotopic (exact) mass is 236 g/mol. The van der Waals surface area contributed by atoms with E-state index in [1.54, 1.807) is 11.3 Å². The lowest BCUT2D eigenvalue weighted by atomic mass is 10.3. The average Bonchev–Trinajstić information content (AvgIpc) is 2.70. The maximum absolute atomic E-state index is 5.35. The SMILES string of the molecule is CCN(Cc1ccc(C#CCN)s1)C(C)C. The van der Waals surface area contributed by atoms with Gasteiger partial charge in [0.05, 0.1) is 11.4 Å². The van der Waals surface area contributed by atoms with Crippen molar-refractivity contribution in [1.82, 2.24) is 4.90 Å². The first-order valence-corrected chi connectivity index (χ1v) is 6.50. The highest BCUT2D eigenvalue weighted by Gasteiger charge is 2.08. The van der Waals surface area contributed by atoms with Gasteiger partial charge in [0, 0.05) is 17.5 Å². The molecular weight excluding hydrogens is 216 g/mol. The number of hydrogen-bond acceptors (Lipinski definition) is 3. The van der Waals surface area contributed by atoms with Crippen molar-refractivity contribution < 1.29 is 0 Å². The molecule has 0 bridgehead atoms. The number of rotatable bonds is 4. The van der Waals surface area contributed by atoms with Gasteiger partial charge in [0.1, 0.15) is 0 Å². The van der Waals surface area contributed by atoms with Crippen LogP contribution in [0.1, 0.15) is 30.5 Å². The van der Waals surface area contributed by atoms with Crippen LogP contribution in [0.2, 0.25) is 0 Å². The standard InChI is InChI=1S/C13H20N2S/c1-4-15(11(2)3)10-13-8-7-12(16-13)6-5-9-14/h7-8,11H,4,9-10,14H2,1-3H3. The van der Waals surface area contributed by atoms with Crippen LogP contribution in [0.25, 0.3) is 0 Å². The Balaban J connectivity index is 2.64. The van der Waals surface area contributed by atoms with Crippen LogP contribution in [0.15, 0.2) is 12.1 Å². The predicted molar refractivity (Wildman–Crippen MR) is 71.5 cm³/mol. The predicted octanol–water partition coefficient (Wildman–Crippen LogP) is 2.29. The second-order valence-electron chi connectivity index (χ2n) is 3.93. The van der Waals surface area contributed by atoms with Gasteiger partial charge in [-0.05, 0) is 32.5 Å². The van der Waals surface area contributed by atoms with Crippen molar-refractivity contribution in [2.45, 2.75) is 33.4 Å². The molecule has 2 nitrogen and oxygen atoms in total. The van der Waals surface area contributed by atoms with Crippen LogP contribution in [0.5, 0.6) is 0 Å². The van der Waals surface area contributed by atoms with Crippen molar-refractivity contribution in [3.63, 3.8) is 0 Å². The van der Waals surface area contributed by atoms with Crippen molar-refractivity contribution in [2.75, 3.05) is 13.1 Å². The summed E-state index contributed by atoms with van der Waals surface area (Å²) in [6, 6.07) is 4.83. The fraction of sp³-hybridized carbons (Fsp3) is 0.538. The first-order valence-electron chi connectivity index (χ1n) is 5.69. The lowest BCUT2D eigenvalue weighted by molar-refractivity contribution is 0.227. The fourth-order valence-corrected chi connectivity index (χ4v) is 2.44. The van der Waals surface area contributed by atoms with Crippen molar-refractivity contribution in [3.8, 4) is 11.8 Å². The zero-order valence-electron chi connectivity index (χ0n) is 10.3. The van der Waals surface area contributed by atoms with E-state index in [0.29, 0.717) is 12.6 Å². The molecule has 0 saturated carbocycles. The van der Waals surface area contributed by atoms with Gasteiger partial charge in [-0.2, -0.15) is 0 Å². The Bertz CT molecular complexity index is 371. The molecule has 0 unspecified atom stereocenters. The minimum absolute atomic E-state index is 0.431. The van der Waals surface area contributed by atoms with Gasteiger partial charge in [0.25, 0.3) is 0 Å². The van der Waals surface area contributed by atoms with Gasteiger partial charge >= 0.3 is 0 Å². The third kappa shape index (κ3) is 3.97. The quantitative estimate of drug-likeness (QED) is 0.813. The molecule has 0 aliphatic rings. The van der Waals surface area contributed by atoms with Gasteiger partial charge in [-0.1, -0.05) is 18.8 Å². The molecule has 0 atom stereocenters. The second kappa shape index (κ2) is 6.70. The molecule has 0 fully saturated rings. The normalized spacial score (nSPS) is 10.6. The minimum Gasteiger partial charge on any atom is -0.320 e.